The van der Waals surface area contributed by atoms with Crippen LogP contribution in [-0.4, -0.2) is 13.7 Å². The molecule has 114 valence electrons. The molecule has 21 heavy (non-hydrogen) atoms. The number of ether oxygens (including phenoxy) is 1. The van der Waals surface area contributed by atoms with Crippen molar-refractivity contribution >= 4 is 44.3 Å². The van der Waals surface area contributed by atoms with Crippen molar-refractivity contribution in [2.24, 2.45) is 0 Å². The molecule has 2 nitrogen and oxygen atoms in total. The largest absolute Gasteiger partial charge is 0.495 e. The highest BCUT2D eigenvalue weighted by Crippen LogP contribution is 2.32. The zero-order valence-corrected chi connectivity index (χ0v) is 15.7. The van der Waals surface area contributed by atoms with Gasteiger partial charge in [-0.25, -0.2) is 0 Å². The average Bonchev–Trinajstić information content (AvgIpc) is 2.44. The Bertz CT molecular complexity index is 564. The van der Waals surface area contributed by atoms with Gasteiger partial charge in [-0.15, -0.1) is 12.4 Å². The fourth-order valence-corrected chi connectivity index (χ4v) is 3.55. The number of methoxy groups -OCH3 is 1. The summed E-state index contributed by atoms with van der Waals surface area (Å²) in [6, 6.07) is 14.6. The summed E-state index contributed by atoms with van der Waals surface area (Å²) in [7, 11) is 1.70. The quantitative estimate of drug-likeness (QED) is 0.647. The summed E-state index contributed by atoms with van der Waals surface area (Å²) >= 11 is 7.03. The van der Waals surface area contributed by atoms with Gasteiger partial charge in [-0.1, -0.05) is 46.3 Å². The van der Waals surface area contributed by atoms with Crippen molar-refractivity contribution in [3.63, 3.8) is 0 Å². The monoisotopic (exact) mass is 433 g/mol. The Morgan fingerprint density at radius 3 is 2.48 bits per heavy atom. The second kappa shape index (κ2) is 9.46. The SMILES string of the molecule is COc1c(Br)cc(Br)cc1CNCCc1ccccc1.Cl. The van der Waals surface area contributed by atoms with Gasteiger partial charge in [-0.3, -0.25) is 0 Å². The molecule has 0 bridgehead atoms. The summed E-state index contributed by atoms with van der Waals surface area (Å²) in [5, 5.41) is 3.46. The van der Waals surface area contributed by atoms with Gasteiger partial charge in [-0.05, 0) is 46.6 Å². The molecule has 0 aliphatic carbocycles. The predicted molar refractivity (Wildman–Crippen MR) is 97.5 cm³/mol. The van der Waals surface area contributed by atoms with E-state index in [4.69, 9.17) is 4.74 Å². The van der Waals surface area contributed by atoms with Crippen molar-refractivity contribution < 1.29 is 4.74 Å². The summed E-state index contributed by atoms with van der Waals surface area (Å²) in [6.45, 7) is 1.73. The fourth-order valence-electron chi connectivity index (χ4n) is 2.07. The maximum Gasteiger partial charge on any atom is 0.137 e. The van der Waals surface area contributed by atoms with Crippen LogP contribution in [0.15, 0.2) is 51.4 Å². The number of halogens is 3. The first-order valence-electron chi connectivity index (χ1n) is 6.47. The molecule has 5 heteroatoms. The lowest BCUT2D eigenvalue weighted by Crippen LogP contribution is -2.17. The first kappa shape index (κ1) is 18.5. The normalized spacial score (nSPS) is 10.0. The van der Waals surface area contributed by atoms with Crippen LogP contribution in [0.25, 0.3) is 0 Å². The maximum absolute atomic E-state index is 5.44. The Labute approximate surface area is 148 Å². The molecule has 0 aliphatic heterocycles. The third-order valence-corrected chi connectivity index (χ3v) is 4.09. The Balaban J connectivity index is 0.00000220. The molecular weight excluding hydrogens is 417 g/mol. The number of hydrogen-bond donors (Lipinski definition) is 1. The molecule has 0 unspecified atom stereocenters. The molecule has 0 aromatic heterocycles. The molecule has 0 fully saturated rings. The summed E-state index contributed by atoms with van der Waals surface area (Å²) in [4.78, 5) is 0. The maximum atomic E-state index is 5.44. The molecule has 0 heterocycles. The Kier molecular flexibility index (Phi) is 8.34. The number of hydrogen-bond acceptors (Lipinski definition) is 2. The van der Waals surface area contributed by atoms with Gasteiger partial charge in [0.2, 0.25) is 0 Å². The van der Waals surface area contributed by atoms with Gasteiger partial charge in [0.1, 0.15) is 5.75 Å². The van der Waals surface area contributed by atoms with Crippen molar-refractivity contribution in [3.8, 4) is 5.75 Å². The van der Waals surface area contributed by atoms with Crippen LogP contribution in [-0.2, 0) is 13.0 Å². The van der Waals surface area contributed by atoms with Crippen LogP contribution in [0, 0.1) is 0 Å². The molecule has 2 aromatic rings. The van der Waals surface area contributed by atoms with E-state index in [2.05, 4.69) is 67.5 Å². The smallest absolute Gasteiger partial charge is 0.137 e. The van der Waals surface area contributed by atoms with Gasteiger partial charge in [0.15, 0.2) is 0 Å². The molecule has 2 rings (SSSR count). The van der Waals surface area contributed by atoms with Crippen molar-refractivity contribution in [1.29, 1.82) is 0 Å². The van der Waals surface area contributed by atoms with E-state index in [9.17, 15) is 0 Å². The molecule has 2 aromatic carbocycles. The lowest BCUT2D eigenvalue weighted by molar-refractivity contribution is 0.405. The summed E-state index contributed by atoms with van der Waals surface area (Å²) in [6.07, 6.45) is 1.03. The van der Waals surface area contributed by atoms with E-state index < -0.39 is 0 Å². The van der Waals surface area contributed by atoms with E-state index in [0.717, 1.165) is 39.8 Å². The molecule has 0 aliphatic rings. The molecule has 0 saturated carbocycles. The van der Waals surface area contributed by atoms with E-state index >= 15 is 0 Å². The van der Waals surface area contributed by atoms with Crippen LogP contribution in [0.5, 0.6) is 5.75 Å². The minimum atomic E-state index is 0. The number of nitrogens with one attached hydrogen (secondary N) is 1. The second-order valence-electron chi connectivity index (χ2n) is 4.49. The topological polar surface area (TPSA) is 21.3 Å². The summed E-state index contributed by atoms with van der Waals surface area (Å²) in [5.74, 6) is 0.889. The first-order chi connectivity index (χ1) is 9.70. The molecule has 0 amide bonds. The van der Waals surface area contributed by atoms with Gasteiger partial charge in [0.25, 0.3) is 0 Å². The van der Waals surface area contributed by atoms with Gasteiger partial charge >= 0.3 is 0 Å². The fraction of sp³-hybridized carbons (Fsp3) is 0.250. The Hall–Kier alpha value is -0.550. The zero-order valence-electron chi connectivity index (χ0n) is 11.7. The summed E-state index contributed by atoms with van der Waals surface area (Å²) in [5.41, 5.74) is 2.49. The number of rotatable bonds is 6. The third-order valence-electron chi connectivity index (χ3n) is 3.04. The highest BCUT2D eigenvalue weighted by Gasteiger charge is 2.08. The molecule has 0 radical (unpaired) electrons. The number of benzene rings is 2. The summed E-state index contributed by atoms with van der Waals surface area (Å²) < 4.78 is 7.45. The standard InChI is InChI=1S/C16H17Br2NO.ClH/c1-20-16-13(9-14(17)10-15(16)18)11-19-8-7-12-5-3-2-4-6-12;/h2-6,9-10,19H,7-8,11H2,1H3;1H. The van der Waals surface area contributed by atoms with Crippen LogP contribution >= 0.6 is 44.3 Å². The van der Waals surface area contributed by atoms with E-state index in [-0.39, 0.29) is 12.4 Å². The Morgan fingerprint density at radius 2 is 1.81 bits per heavy atom. The average molecular weight is 436 g/mol. The van der Waals surface area contributed by atoms with Gasteiger partial charge in [0, 0.05) is 16.6 Å². The van der Waals surface area contributed by atoms with Crippen molar-refractivity contribution in [2.75, 3.05) is 13.7 Å². The van der Waals surface area contributed by atoms with E-state index in [0.29, 0.717) is 0 Å². The van der Waals surface area contributed by atoms with E-state index in [1.807, 2.05) is 12.1 Å². The Morgan fingerprint density at radius 1 is 1.10 bits per heavy atom. The molecule has 1 N–H and O–H groups in total. The van der Waals surface area contributed by atoms with E-state index in [1.165, 1.54) is 5.56 Å². The lowest BCUT2D eigenvalue weighted by Gasteiger charge is -2.12. The van der Waals surface area contributed by atoms with Crippen LogP contribution in [0.2, 0.25) is 0 Å². The first-order valence-corrected chi connectivity index (χ1v) is 8.06. The molecule has 0 spiro atoms. The highest BCUT2D eigenvalue weighted by molar-refractivity contribution is 9.11. The van der Waals surface area contributed by atoms with Crippen molar-refractivity contribution in [2.45, 2.75) is 13.0 Å². The van der Waals surface area contributed by atoms with E-state index in [1.54, 1.807) is 7.11 Å². The molecule has 0 saturated heterocycles. The molecule has 0 atom stereocenters. The second-order valence-corrected chi connectivity index (χ2v) is 6.26. The predicted octanol–water partition coefficient (Wildman–Crippen LogP) is 4.97. The van der Waals surface area contributed by atoms with Crippen LogP contribution in [0.4, 0.5) is 0 Å². The lowest BCUT2D eigenvalue weighted by atomic mass is 10.1. The van der Waals surface area contributed by atoms with Gasteiger partial charge in [-0.2, -0.15) is 0 Å². The van der Waals surface area contributed by atoms with Crippen molar-refractivity contribution in [1.82, 2.24) is 5.32 Å². The minimum absolute atomic E-state index is 0. The van der Waals surface area contributed by atoms with Crippen molar-refractivity contribution in [3.05, 3.63) is 62.5 Å². The highest BCUT2D eigenvalue weighted by atomic mass is 79.9. The minimum Gasteiger partial charge on any atom is -0.495 e. The van der Waals surface area contributed by atoms with Crippen LogP contribution < -0.4 is 10.1 Å². The van der Waals surface area contributed by atoms with Crippen LogP contribution in [0.1, 0.15) is 11.1 Å². The van der Waals surface area contributed by atoms with Gasteiger partial charge < -0.3 is 10.1 Å². The van der Waals surface area contributed by atoms with Gasteiger partial charge in [0.05, 0.1) is 11.6 Å². The molecular formula is C16H18Br2ClNO. The third kappa shape index (κ3) is 5.62. The van der Waals surface area contributed by atoms with Crippen LogP contribution in [0.3, 0.4) is 0 Å². The zero-order chi connectivity index (χ0) is 14.4.